The molecule has 44 heavy (non-hydrogen) atoms. The molecule has 6 rings (SSSR count). The quantitative estimate of drug-likeness (QED) is 0.0941. The van der Waals surface area contributed by atoms with E-state index in [1.165, 1.54) is 0 Å². The lowest BCUT2D eigenvalue weighted by atomic mass is 9.80. The number of methoxy groups -OCH3 is 2. The summed E-state index contributed by atoms with van der Waals surface area (Å²) >= 11 is 0. The fourth-order valence-electron chi connectivity index (χ4n) is 5.87. The predicted octanol–water partition coefficient (Wildman–Crippen LogP) is 6.96. The van der Waals surface area contributed by atoms with Gasteiger partial charge in [-0.15, -0.1) is 0 Å². The van der Waals surface area contributed by atoms with Crippen LogP contribution in [-0.2, 0) is 15.1 Å². The lowest BCUT2D eigenvalue weighted by Crippen LogP contribution is -2.35. The Balaban J connectivity index is 1.31. The summed E-state index contributed by atoms with van der Waals surface area (Å²) in [5, 5.41) is 0.996. The summed E-state index contributed by atoms with van der Waals surface area (Å²) in [4.78, 5) is 11.2. The van der Waals surface area contributed by atoms with E-state index in [-0.39, 0.29) is 12.3 Å². The smallest absolute Gasteiger partial charge is 0.144 e. The van der Waals surface area contributed by atoms with Crippen LogP contribution in [0.15, 0.2) is 108 Å². The first-order chi connectivity index (χ1) is 21.5. The standard InChI is InChI=1S/C36H38N4O4/c1-39(2)25-38-33-20-22-37-35-32(33)21-23-40(35)34-19-18-31(44-34)24-43-36(26-8-6-5-7-9-26,27-10-14-29(41-3)15-11-27)28-12-16-30(42-4)17-13-28/h5-17,20-23,25,31,34H,18-19,24H2,1-4H3/t31-,34-/m1/s1. The van der Waals surface area contributed by atoms with Crippen molar-refractivity contribution in [3.63, 3.8) is 0 Å². The highest BCUT2D eigenvalue weighted by Gasteiger charge is 2.39. The normalized spacial score (nSPS) is 16.9. The zero-order chi connectivity index (χ0) is 30.5. The average Bonchev–Trinajstić information content (AvgIpc) is 3.72. The molecule has 2 aromatic heterocycles. The molecule has 0 unspecified atom stereocenters. The first-order valence-corrected chi connectivity index (χ1v) is 14.8. The number of rotatable bonds is 11. The van der Waals surface area contributed by atoms with Gasteiger partial charge in [0.15, 0.2) is 0 Å². The molecular formula is C36H38N4O4. The summed E-state index contributed by atoms with van der Waals surface area (Å²) in [7, 11) is 7.26. The number of aromatic nitrogens is 2. The van der Waals surface area contributed by atoms with Crippen LogP contribution in [0.2, 0.25) is 0 Å². The van der Waals surface area contributed by atoms with Crippen LogP contribution in [0.3, 0.4) is 0 Å². The summed E-state index contributed by atoms with van der Waals surface area (Å²) in [6, 6.07) is 30.5. The molecular weight excluding hydrogens is 552 g/mol. The number of ether oxygens (including phenoxy) is 4. The second-order valence-electron chi connectivity index (χ2n) is 11.1. The summed E-state index contributed by atoms with van der Waals surface area (Å²) < 4.78 is 26.8. The van der Waals surface area contributed by atoms with Gasteiger partial charge in [-0.05, 0) is 65.9 Å². The molecule has 2 atom stereocenters. The van der Waals surface area contributed by atoms with Crippen LogP contribution >= 0.6 is 0 Å². The summed E-state index contributed by atoms with van der Waals surface area (Å²) in [6.45, 7) is 0.397. The number of aliphatic imine (C=N–C) groups is 1. The molecule has 0 amide bonds. The highest BCUT2D eigenvalue weighted by atomic mass is 16.6. The number of hydrogen-bond acceptors (Lipinski definition) is 6. The molecule has 3 heterocycles. The molecule has 0 aliphatic carbocycles. The molecule has 8 nitrogen and oxygen atoms in total. The molecule has 0 N–H and O–H groups in total. The van der Waals surface area contributed by atoms with E-state index in [9.17, 15) is 0 Å². The topological polar surface area (TPSA) is 70.3 Å². The largest absolute Gasteiger partial charge is 0.497 e. The van der Waals surface area contributed by atoms with Crippen LogP contribution in [0.25, 0.3) is 11.0 Å². The first kappa shape index (κ1) is 29.4. The molecule has 1 fully saturated rings. The van der Waals surface area contributed by atoms with Gasteiger partial charge in [0.25, 0.3) is 0 Å². The molecule has 5 aromatic rings. The summed E-state index contributed by atoms with van der Waals surface area (Å²) in [6.07, 6.45) is 7.11. The fraction of sp³-hybridized carbons (Fsp3) is 0.278. The van der Waals surface area contributed by atoms with Gasteiger partial charge >= 0.3 is 0 Å². The van der Waals surface area contributed by atoms with E-state index in [2.05, 4.69) is 57.0 Å². The maximum absolute atomic E-state index is 7.09. The van der Waals surface area contributed by atoms with Crippen LogP contribution in [0.4, 0.5) is 5.69 Å². The lowest BCUT2D eigenvalue weighted by molar-refractivity contribution is -0.0755. The highest BCUT2D eigenvalue weighted by molar-refractivity contribution is 5.89. The Bertz CT molecular complexity index is 1650. The number of fused-ring (bicyclic) bond motifs is 1. The molecule has 226 valence electrons. The molecule has 1 aliphatic rings. The zero-order valence-electron chi connectivity index (χ0n) is 25.6. The minimum absolute atomic E-state index is 0.105. The molecule has 1 saturated heterocycles. The zero-order valence-corrected chi connectivity index (χ0v) is 25.6. The Morgan fingerprint density at radius 1 is 0.864 bits per heavy atom. The van der Waals surface area contributed by atoms with Gasteiger partial charge in [0.05, 0.1) is 39.0 Å². The number of benzene rings is 3. The minimum atomic E-state index is -0.887. The highest BCUT2D eigenvalue weighted by Crippen LogP contribution is 2.43. The van der Waals surface area contributed by atoms with Crippen molar-refractivity contribution in [2.75, 3.05) is 34.9 Å². The fourth-order valence-corrected chi connectivity index (χ4v) is 5.87. The third-order valence-corrected chi connectivity index (χ3v) is 8.07. The van der Waals surface area contributed by atoms with Crippen molar-refractivity contribution in [1.29, 1.82) is 0 Å². The first-order valence-electron chi connectivity index (χ1n) is 14.8. The van der Waals surface area contributed by atoms with Crippen LogP contribution in [0.5, 0.6) is 11.5 Å². The van der Waals surface area contributed by atoms with Crippen molar-refractivity contribution in [3.05, 3.63) is 120 Å². The Labute approximate surface area is 258 Å². The van der Waals surface area contributed by atoms with E-state index in [0.29, 0.717) is 6.61 Å². The third-order valence-electron chi connectivity index (χ3n) is 8.07. The monoisotopic (exact) mass is 590 g/mol. The Kier molecular flexibility index (Phi) is 8.63. The number of nitrogens with zero attached hydrogens (tertiary/aromatic N) is 4. The second-order valence-corrected chi connectivity index (χ2v) is 11.1. The van der Waals surface area contributed by atoms with Gasteiger partial charge in [-0.1, -0.05) is 54.6 Å². The van der Waals surface area contributed by atoms with E-state index in [0.717, 1.165) is 57.8 Å². The van der Waals surface area contributed by atoms with E-state index in [1.54, 1.807) is 26.8 Å². The van der Waals surface area contributed by atoms with E-state index < -0.39 is 5.60 Å². The molecule has 0 saturated carbocycles. The van der Waals surface area contributed by atoms with E-state index >= 15 is 0 Å². The lowest BCUT2D eigenvalue weighted by Gasteiger charge is -2.37. The molecule has 3 aromatic carbocycles. The van der Waals surface area contributed by atoms with Crippen molar-refractivity contribution < 1.29 is 18.9 Å². The maximum atomic E-state index is 7.09. The Morgan fingerprint density at radius 2 is 1.50 bits per heavy atom. The molecule has 0 bridgehead atoms. The Morgan fingerprint density at radius 3 is 2.11 bits per heavy atom. The van der Waals surface area contributed by atoms with Crippen LogP contribution in [0.1, 0.15) is 35.8 Å². The summed E-state index contributed by atoms with van der Waals surface area (Å²) in [5.74, 6) is 1.58. The van der Waals surface area contributed by atoms with Crippen molar-refractivity contribution in [3.8, 4) is 11.5 Å². The number of hydrogen-bond donors (Lipinski definition) is 0. The van der Waals surface area contributed by atoms with Gasteiger partial charge in [0.1, 0.15) is 29.0 Å². The van der Waals surface area contributed by atoms with Gasteiger partial charge in [-0.2, -0.15) is 0 Å². The SMILES string of the molecule is COc1ccc(C(OC[C@H]2CC[C@H](n3ccc4c(N=CN(C)C)ccnc43)O2)(c2ccccc2)c2ccc(OC)cc2)cc1. The van der Waals surface area contributed by atoms with E-state index in [4.69, 9.17) is 18.9 Å². The van der Waals surface area contributed by atoms with Gasteiger partial charge < -0.3 is 28.4 Å². The average molecular weight is 591 g/mol. The maximum Gasteiger partial charge on any atom is 0.144 e. The van der Waals surface area contributed by atoms with Crippen LogP contribution in [-0.4, -0.2) is 61.8 Å². The molecule has 0 spiro atoms. The summed E-state index contributed by atoms with van der Waals surface area (Å²) in [5.41, 5.74) is 3.87. The van der Waals surface area contributed by atoms with Crippen molar-refractivity contribution >= 4 is 23.1 Å². The minimum Gasteiger partial charge on any atom is -0.497 e. The van der Waals surface area contributed by atoms with Crippen LogP contribution in [0, 0.1) is 0 Å². The third kappa shape index (κ3) is 5.78. The Hall–Kier alpha value is -4.66. The van der Waals surface area contributed by atoms with Gasteiger partial charge in [-0.3, -0.25) is 0 Å². The van der Waals surface area contributed by atoms with Crippen LogP contribution < -0.4 is 9.47 Å². The number of pyridine rings is 1. The molecule has 1 aliphatic heterocycles. The van der Waals surface area contributed by atoms with Crippen molar-refractivity contribution in [2.24, 2.45) is 4.99 Å². The molecule has 0 radical (unpaired) electrons. The van der Waals surface area contributed by atoms with Gasteiger partial charge in [0.2, 0.25) is 0 Å². The van der Waals surface area contributed by atoms with Gasteiger partial charge in [-0.25, -0.2) is 9.98 Å². The predicted molar refractivity (Wildman–Crippen MR) is 173 cm³/mol. The van der Waals surface area contributed by atoms with Gasteiger partial charge in [0, 0.05) is 31.9 Å². The second kappa shape index (κ2) is 12.9. The van der Waals surface area contributed by atoms with Crippen molar-refractivity contribution in [2.45, 2.75) is 30.8 Å². The van der Waals surface area contributed by atoms with E-state index in [1.807, 2.05) is 73.7 Å². The molecule has 8 heteroatoms. The van der Waals surface area contributed by atoms with Crippen molar-refractivity contribution in [1.82, 2.24) is 14.5 Å².